The summed E-state index contributed by atoms with van der Waals surface area (Å²) in [7, 11) is 1.84. The van der Waals surface area contributed by atoms with Crippen molar-refractivity contribution in [1.82, 2.24) is 5.32 Å². The molecule has 1 unspecified atom stereocenters. The number of aliphatic hydroxyl groups is 1. The molecule has 0 saturated heterocycles. The van der Waals surface area contributed by atoms with Gasteiger partial charge < -0.3 is 10.4 Å². The minimum Gasteiger partial charge on any atom is -0.384 e. The number of benzene rings is 1. The molecule has 14 heavy (non-hydrogen) atoms. The minimum absolute atomic E-state index is 0.565. The number of aryl methyl sites for hydroxylation is 2. The van der Waals surface area contributed by atoms with E-state index in [0.29, 0.717) is 6.54 Å². The van der Waals surface area contributed by atoms with E-state index in [0.717, 1.165) is 5.56 Å². The molecule has 0 saturated carbocycles. The van der Waals surface area contributed by atoms with E-state index in [2.05, 4.69) is 11.4 Å². The molecule has 78 valence electrons. The van der Waals surface area contributed by atoms with E-state index in [9.17, 15) is 5.11 Å². The van der Waals surface area contributed by atoms with Gasteiger partial charge in [-0.15, -0.1) is 0 Å². The van der Waals surface area contributed by atoms with Crippen molar-refractivity contribution in [3.63, 3.8) is 0 Å². The Morgan fingerprint density at radius 2 is 1.71 bits per heavy atom. The fourth-order valence-corrected chi connectivity index (χ4v) is 1.73. The molecule has 1 rings (SSSR count). The first-order valence-corrected chi connectivity index (χ1v) is 4.91. The van der Waals surface area contributed by atoms with Gasteiger partial charge in [0.05, 0.1) is 5.60 Å². The lowest BCUT2D eigenvalue weighted by molar-refractivity contribution is 0.0590. The van der Waals surface area contributed by atoms with E-state index < -0.39 is 5.60 Å². The molecule has 2 heteroatoms. The molecule has 0 fully saturated rings. The lowest BCUT2D eigenvalue weighted by Crippen LogP contribution is -2.33. The van der Waals surface area contributed by atoms with E-state index in [1.807, 2.05) is 40.0 Å². The zero-order valence-electron chi connectivity index (χ0n) is 9.39. The van der Waals surface area contributed by atoms with Crippen LogP contribution in [0.5, 0.6) is 0 Å². The highest BCUT2D eigenvalue weighted by Crippen LogP contribution is 2.22. The summed E-state index contributed by atoms with van der Waals surface area (Å²) < 4.78 is 0. The van der Waals surface area contributed by atoms with E-state index in [1.165, 1.54) is 11.1 Å². The third kappa shape index (κ3) is 2.56. The van der Waals surface area contributed by atoms with Crippen molar-refractivity contribution in [1.29, 1.82) is 0 Å². The molecule has 2 N–H and O–H groups in total. The topological polar surface area (TPSA) is 32.3 Å². The second-order valence-corrected chi connectivity index (χ2v) is 4.18. The van der Waals surface area contributed by atoms with Crippen LogP contribution in [0, 0.1) is 13.8 Å². The summed E-state index contributed by atoms with van der Waals surface area (Å²) in [6, 6.07) is 6.17. The maximum Gasteiger partial charge on any atom is 0.0992 e. The Morgan fingerprint density at radius 1 is 1.21 bits per heavy atom. The Morgan fingerprint density at radius 3 is 2.14 bits per heavy atom. The van der Waals surface area contributed by atoms with Crippen molar-refractivity contribution < 1.29 is 5.11 Å². The maximum atomic E-state index is 10.2. The molecule has 0 heterocycles. The molecule has 1 aromatic rings. The summed E-state index contributed by atoms with van der Waals surface area (Å²) in [5.74, 6) is 0. The van der Waals surface area contributed by atoms with Gasteiger partial charge in [-0.05, 0) is 33.4 Å². The lowest BCUT2D eigenvalue weighted by Gasteiger charge is -2.24. The van der Waals surface area contributed by atoms with Gasteiger partial charge in [-0.1, -0.05) is 29.3 Å². The number of nitrogens with one attached hydrogen (secondary N) is 1. The summed E-state index contributed by atoms with van der Waals surface area (Å²) in [4.78, 5) is 0. The van der Waals surface area contributed by atoms with Gasteiger partial charge in [-0.2, -0.15) is 0 Å². The molecule has 0 aromatic heterocycles. The van der Waals surface area contributed by atoms with E-state index >= 15 is 0 Å². The summed E-state index contributed by atoms with van der Waals surface area (Å²) >= 11 is 0. The molecule has 0 bridgehead atoms. The van der Waals surface area contributed by atoms with Gasteiger partial charge in [0, 0.05) is 6.54 Å². The highest BCUT2D eigenvalue weighted by Gasteiger charge is 2.22. The summed E-state index contributed by atoms with van der Waals surface area (Å²) in [5.41, 5.74) is 2.57. The third-order valence-corrected chi connectivity index (χ3v) is 2.36. The quantitative estimate of drug-likeness (QED) is 0.766. The molecule has 0 radical (unpaired) electrons. The van der Waals surface area contributed by atoms with Crippen LogP contribution < -0.4 is 5.32 Å². The standard InChI is InChI=1S/C12H19NO/c1-9-5-10(2)7-11(6-9)12(3,14)8-13-4/h5-7,13-14H,8H2,1-4H3. The number of rotatable bonds is 3. The molecule has 1 aromatic carbocycles. The minimum atomic E-state index is -0.786. The number of likely N-dealkylation sites (N-methyl/N-ethyl adjacent to an activating group) is 1. The molecule has 2 nitrogen and oxygen atoms in total. The predicted octanol–water partition coefficient (Wildman–Crippen LogP) is 1.73. The predicted molar refractivity (Wildman–Crippen MR) is 59.4 cm³/mol. The van der Waals surface area contributed by atoms with Crippen molar-refractivity contribution in [2.45, 2.75) is 26.4 Å². The normalized spacial score (nSPS) is 15.2. The number of hydrogen-bond acceptors (Lipinski definition) is 2. The zero-order chi connectivity index (χ0) is 10.8. The molecule has 0 aliphatic heterocycles. The van der Waals surface area contributed by atoms with Gasteiger partial charge in [-0.3, -0.25) is 0 Å². The van der Waals surface area contributed by atoms with E-state index in [1.54, 1.807) is 0 Å². The van der Waals surface area contributed by atoms with Crippen molar-refractivity contribution in [3.05, 3.63) is 34.9 Å². The van der Waals surface area contributed by atoms with Gasteiger partial charge in [-0.25, -0.2) is 0 Å². The molecule has 0 aliphatic rings. The third-order valence-electron chi connectivity index (χ3n) is 2.36. The van der Waals surface area contributed by atoms with Crippen LogP contribution in [-0.4, -0.2) is 18.7 Å². The molecule has 0 aliphatic carbocycles. The highest BCUT2D eigenvalue weighted by atomic mass is 16.3. The summed E-state index contributed by atoms with van der Waals surface area (Å²) in [5, 5.41) is 13.2. The smallest absolute Gasteiger partial charge is 0.0992 e. The Labute approximate surface area is 86.0 Å². The van der Waals surface area contributed by atoms with Gasteiger partial charge in [0.25, 0.3) is 0 Å². The number of hydrogen-bond donors (Lipinski definition) is 2. The van der Waals surface area contributed by atoms with Crippen LogP contribution in [0.15, 0.2) is 18.2 Å². The Bertz CT molecular complexity index is 298. The summed E-state index contributed by atoms with van der Waals surface area (Å²) in [6.07, 6.45) is 0. The van der Waals surface area contributed by atoms with Crippen molar-refractivity contribution in [2.24, 2.45) is 0 Å². The first-order chi connectivity index (χ1) is 6.45. The average molecular weight is 193 g/mol. The monoisotopic (exact) mass is 193 g/mol. The van der Waals surface area contributed by atoms with Crippen LogP contribution in [0.25, 0.3) is 0 Å². The van der Waals surface area contributed by atoms with Crippen molar-refractivity contribution >= 4 is 0 Å². The molecular weight excluding hydrogens is 174 g/mol. The average Bonchev–Trinajstić information content (AvgIpc) is 2.02. The first-order valence-electron chi connectivity index (χ1n) is 4.91. The maximum absolute atomic E-state index is 10.2. The van der Waals surface area contributed by atoms with Crippen LogP contribution in [0.1, 0.15) is 23.6 Å². The molecule has 0 amide bonds. The van der Waals surface area contributed by atoms with Crippen LogP contribution in [-0.2, 0) is 5.60 Å². The van der Waals surface area contributed by atoms with Crippen LogP contribution in [0.2, 0.25) is 0 Å². The molecule has 0 spiro atoms. The van der Waals surface area contributed by atoms with Gasteiger partial charge in [0.15, 0.2) is 0 Å². The SMILES string of the molecule is CNCC(C)(O)c1cc(C)cc(C)c1. The van der Waals surface area contributed by atoms with E-state index in [4.69, 9.17) is 0 Å². The largest absolute Gasteiger partial charge is 0.384 e. The van der Waals surface area contributed by atoms with Gasteiger partial charge in [0.1, 0.15) is 0 Å². The van der Waals surface area contributed by atoms with Gasteiger partial charge in [0.2, 0.25) is 0 Å². The van der Waals surface area contributed by atoms with Crippen LogP contribution in [0.3, 0.4) is 0 Å². The van der Waals surface area contributed by atoms with E-state index in [-0.39, 0.29) is 0 Å². The van der Waals surface area contributed by atoms with Crippen molar-refractivity contribution in [3.8, 4) is 0 Å². The van der Waals surface area contributed by atoms with Gasteiger partial charge >= 0.3 is 0 Å². The second-order valence-electron chi connectivity index (χ2n) is 4.18. The Hall–Kier alpha value is -0.860. The van der Waals surface area contributed by atoms with Crippen LogP contribution in [0.4, 0.5) is 0 Å². The summed E-state index contributed by atoms with van der Waals surface area (Å²) in [6.45, 7) is 6.49. The zero-order valence-corrected chi connectivity index (χ0v) is 9.39. The second kappa shape index (κ2) is 4.11. The fraction of sp³-hybridized carbons (Fsp3) is 0.500. The van der Waals surface area contributed by atoms with Crippen molar-refractivity contribution in [2.75, 3.05) is 13.6 Å². The lowest BCUT2D eigenvalue weighted by atomic mass is 9.93. The fourth-order valence-electron chi connectivity index (χ4n) is 1.73. The van der Waals surface area contributed by atoms with Crippen LogP contribution >= 0.6 is 0 Å². The first kappa shape index (κ1) is 11.2. The Kier molecular flexibility index (Phi) is 3.29. The Balaban J connectivity index is 3.05. The molecular formula is C12H19NO. The molecule has 1 atom stereocenters. The highest BCUT2D eigenvalue weighted by molar-refractivity contribution is 5.32.